The standard InChI is InChI=1S/C14H23N3O3/c1-10-11(12(20-4)16(3)15-10)9-17-8-6-5-7-14(17,2)13(18)19/h5-9H2,1-4H3,(H,18,19). The number of likely N-dealkylation sites (tertiary alicyclic amines) is 1. The van der Waals surface area contributed by atoms with Crippen molar-refractivity contribution in [1.82, 2.24) is 14.7 Å². The molecule has 0 radical (unpaired) electrons. The van der Waals surface area contributed by atoms with Gasteiger partial charge in [-0.2, -0.15) is 5.10 Å². The molecule has 0 amide bonds. The Labute approximate surface area is 119 Å². The van der Waals surface area contributed by atoms with Crippen molar-refractivity contribution in [3.63, 3.8) is 0 Å². The minimum atomic E-state index is -0.800. The average Bonchev–Trinajstić information content (AvgIpc) is 2.66. The summed E-state index contributed by atoms with van der Waals surface area (Å²) in [5.74, 6) is -0.0430. The van der Waals surface area contributed by atoms with Gasteiger partial charge >= 0.3 is 5.97 Å². The van der Waals surface area contributed by atoms with Crippen LogP contribution in [0.25, 0.3) is 0 Å². The van der Waals surface area contributed by atoms with E-state index in [0.717, 1.165) is 30.6 Å². The molecule has 0 saturated carbocycles. The van der Waals surface area contributed by atoms with Gasteiger partial charge in [-0.25, -0.2) is 4.68 Å². The molecule has 1 aliphatic rings. The van der Waals surface area contributed by atoms with E-state index in [1.807, 2.05) is 25.8 Å². The second-order valence-electron chi connectivity index (χ2n) is 5.65. The highest BCUT2D eigenvalue weighted by Gasteiger charge is 2.41. The van der Waals surface area contributed by atoms with Crippen LogP contribution in [0.5, 0.6) is 5.88 Å². The summed E-state index contributed by atoms with van der Waals surface area (Å²) in [6.45, 7) is 5.10. The van der Waals surface area contributed by atoms with Gasteiger partial charge in [0.05, 0.1) is 18.4 Å². The summed E-state index contributed by atoms with van der Waals surface area (Å²) < 4.78 is 7.09. The van der Waals surface area contributed by atoms with Crippen molar-refractivity contribution in [3.05, 3.63) is 11.3 Å². The fraction of sp³-hybridized carbons (Fsp3) is 0.714. The highest BCUT2D eigenvalue weighted by Crippen LogP contribution is 2.32. The highest BCUT2D eigenvalue weighted by molar-refractivity contribution is 5.78. The zero-order valence-electron chi connectivity index (χ0n) is 12.6. The molecule has 6 heteroatoms. The number of hydrogen-bond donors (Lipinski definition) is 1. The Morgan fingerprint density at radius 1 is 1.50 bits per heavy atom. The number of methoxy groups -OCH3 is 1. The maximum absolute atomic E-state index is 11.6. The highest BCUT2D eigenvalue weighted by atomic mass is 16.5. The first-order chi connectivity index (χ1) is 9.40. The number of carboxylic acids is 1. The molecule has 1 aromatic rings. The van der Waals surface area contributed by atoms with Crippen molar-refractivity contribution in [2.24, 2.45) is 7.05 Å². The Bertz CT molecular complexity index is 512. The molecular weight excluding hydrogens is 258 g/mol. The number of carboxylic acid groups (broad SMARTS) is 1. The fourth-order valence-electron chi connectivity index (χ4n) is 2.98. The lowest BCUT2D eigenvalue weighted by Crippen LogP contribution is -2.54. The predicted molar refractivity (Wildman–Crippen MR) is 74.8 cm³/mol. The molecule has 112 valence electrons. The molecule has 1 N–H and O–H groups in total. The quantitative estimate of drug-likeness (QED) is 0.907. The van der Waals surface area contributed by atoms with Crippen LogP contribution in [0.15, 0.2) is 0 Å². The van der Waals surface area contributed by atoms with Gasteiger partial charge in [-0.05, 0) is 39.7 Å². The lowest BCUT2D eigenvalue weighted by molar-refractivity contribution is -0.153. The van der Waals surface area contributed by atoms with Crippen LogP contribution in [0.2, 0.25) is 0 Å². The minimum absolute atomic E-state index is 0.561. The van der Waals surface area contributed by atoms with Crippen LogP contribution < -0.4 is 4.74 Å². The SMILES string of the molecule is COc1c(CN2CCCCC2(C)C(=O)O)c(C)nn1C. The third-order valence-corrected chi connectivity index (χ3v) is 4.33. The van der Waals surface area contributed by atoms with Gasteiger partial charge < -0.3 is 9.84 Å². The molecule has 1 saturated heterocycles. The van der Waals surface area contributed by atoms with Gasteiger partial charge in [0.25, 0.3) is 0 Å². The minimum Gasteiger partial charge on any atom is -0.481 e. The van der Waals surface area contributed by atoms with Crippen molar-refractivity contribution in [3.8, 4) is 5.88 Å². The van der Waals surface area contributed by atoms with Gasteiger partial charge in [-0.1, -0.05) is 0 Å². The summed E-state index contributed by atoms with van der Waals surface area (Å²) in [5.41, 5.74) is 1.07. The van der Waals surface area contributed by atoms with E-state index in [4.69, 9.17) is 4.74 Å². The summed E-state index contributed by atoms with van der Waals surface area (Å²) in [7, 11) is 3.45. The third kappa shape index (κ3) is 2.40. The lowest BCUT2D eigenvalue weighted by Gasteiger charge is -2.41. The van der Waals surface area contributed by atoms with E-state index in [0.29, 0.717) is 18.8 Å². The summed E-state index contributed by atoms with van der Waals surface area (Å²) in [6.07, 6.45) is 2.68. The normalized spacial score (nSPS) is 23.8. The number of aromatic nitrogens is 2. The molecule has 1 aliphatic heterocycles. The molecule has 2 heterocycles. The van der Waals surface area contributed by atoms with E-state index in [1.165, 1.54) is 0 Å². The van der Waals surface area contributed by atoms with Gasteiger partial charge in [-0.15, -0.1) is 0 Å². The second-order valence-corrected chi connectivity index (χ2v) is 5.65. The van der Waals surface area contributed by atoms with Gasteiger partial charge in [0.1, 0.15) is 5.54 Å². The Hall–Kier alpha value is -1.56. The van der Waals surface area contributed by atoms with E-state index in [-0.39, 0.29) is 0 Å². The van der Waals surface area contributed by atoms with Crippen molar-refractivity contribution in [1.29, 1.82) is 0 Å². The van der Waals surface area contributed by atoms with Crippen molar-refractivity contribution < 1.29 is 14.6 Å². The van der Waals surface area contributed by atoms with E-state index >= 15 is 0 Å². The predicted octanol–water partition coefficient (Wildman–Crippen LogP) is 1.57. The van der Waals surface area contributed by atoms with Gasteiger partial charge in [0.2, 0.25) is 5.88 Å². The molecule has 0 bridgehead atoms. The van der Waals surface area contributed by atoms with Crippen LogP contribution >= 0.6 is 0 Å². The molecule has 0 aromatic carbocycles. The molecule has 0 aliphatic carbocycles. The van der Waals surface area contributed by atoms with Crippen molar-refractivity contribution >= 4 is 5.97 Å². The van der Waals surface area contributed by atoms with E-state index < -0.39 is 11.5 Å². The summed E-state index contributed by atoms with van der Waals surface area (Å²) in [5, 5.41) is 13.9. The van der Waals surface area contributed by atoms with Crippen LogP contribution in [0.4, 0.5) is 0 Å². The Morgan fingerprint density at radius 2 is 2.20 bits per heavy atom. The van der Waals surface area contributed by atoms with Crippen molar-refractivity contribution in [2.75, 3.05) is 13.7 Å². The number of hydrogen-bond acceptors (Lipinski definition) is 4. The van der Waals surface area contributed by atoms with Crippen LogP contribution in [0.1, 0.15) is 37.4 Å². The average molecular weight is 281 g/mol. The van der Waals surface area contributed by atoms with Crippen LogP contribution in [-0.2, 0) is 18.4 Å². The Balaban J connectivity index is 2.30. The van der Waals surface area contributed by atoms with Crippen molar-refractivity contribution in [2.45, 2.75) is 45.2 Å². The zero-order chi connectivity index (χ0) is 14.9. The molecule has 6 nitrogen and oxygen atoms in total. The number of aryl methyl sites for hydroxylation is 2. The van der Waals surface area contributed by atoms with Gasteiger partial charge in [-0.3, -0.25) is 9.69 Å². The largest absolute Gasteiger partial charge is 0.481 e. The monoisotopic (exact) mass is 281 g/mol. The molecule has 2 rings (SSSR count). The number of piperidine rings is 1. The number of ether oxygens (including phenoxy) is 1. The molecule has 20 heavy (non-hydrogen) atoms. The van der Waals surface area contributed by atoms with E-state index in [9.17, 15) is 9.90 Å². The first-order valence-electron chi connectivity index (χ1n) is 6.95. The molecule has 1 fully saturated rings. The van der Waals surface area contributed by atoms with Crippen LogP contribution in [0.3, 0.4) is 0 Å². The lowest BCUT2D eigenvalue weighted by atomic mass is 9.88. The first-order valence-corrected chi connectivity index (χ1v) is 6.95. The van der Waals surface area contributed by atoms with E-state index in [1.54, 1.807) is 11.8 Å². The summed E-state index contributed by atoms with van der Waals surface area (Å²) in [4.78, 5) is 13.7. The summed E-state index contributed by atoms with van der Waals surface area (Å²) in [6, 6.07) is 0. The molecular formula is C14H23N3O3. The van der Waals surface area contributed by atoms with Gasteiger partial charge in [0.15, 0.2) is 0 Å². The topological polar surface area (TPSA) is 67.6 Å². The smallest absolute Gasteiger partial charge is 0.323 e. The maximum atomic E-state index is 11.6. The van der Waals surface area contributed by atoms with Crippen LogP contribution in [0, 0.1) is 6.92 Å². The molecule has 1 atom stereocenters. The maximum Gasteiger partial charge on any atom is 0.323 e. The Morgan fingerprint density at radius 3 is 2.80 bits per heavy atom. The molecule has 1 aromatic heterocycles. The molecule has 1 unspecified atom stereocenters. The summed E-state index contributed by atoms with van der Waals surface area (Å²) >= 11 is 0. The number of nitrogens with zero attached hydrogens (tertiary/aromatic N) is 3. The number of aliphatic carboxylic acids is 1. The number of rotatable bonds is 4. The second kappa shape index (κ2) is 5.44. The zero-order valence-corrected chi connectivity index (χ0v) is 12.6. The third-order valence-electron chi connectivity index (χ3n) is 4.33. The van der Waals surface area contributed by atoms with E-state index in [2.05, 4.69) is 5.10 Å². The number of carbonyl (C=O) groups is 1. The Kier molecular flexibility index (Phi) is 4.04. The van der Waals surface area contributed by atoms with Gasteiger partial charge in [0, 0.05) is 13.6 Å². The fourth-order valence-corrected chi connectivity index (χ4v) is 2.98. The first kappa shape index (κ1) is 14.8. The van der Waals surface area contributed by atoms with Crippen LogP contribution in [-0.4, -0.2) is 44.9 Å². The molecule has 0 spiro atoms.